The molecule has 2 heterocycles. The highest BCUT2D eigenvalue weighted by Gasteiger charge is 2.19. The van der Waals surface area contributed by atoms with Gasteiger partial charge in [-0.05, 0) is 18.9 Å². The van der Waals surface area contributed by atoms with Crippen LogP contribution in [0.5, 0.6) is 0 Å². The highest BCUT2D eigenvalue weighted by atomic mass is 19.1. The number of anilines is 1. The van der Waals surface area contributed by atoms with E-state index >= 15 is 0 Å². The molecular formula is C11H15FN2O. The van der Waals surface area contributed by atoms with Crippen molar-refractivity contribution in [1.82, 2.24) is 4.98 Å². The van der Waals surface area contributed by atoms with Gasteiger partial charge < -0.3 is 9.64 Å². The lowest BCUT2D eigenvalue weighted by Crippen LogP contribution is -2.37. The molecule has 0 aromatic carbocycles. The second kappa shape index (κ2) is 4.57. The Morgan fingerprint density at radius 1 is 1.47 bits per heavy atom. The number of hydrogen-bond donors (Lipinski definition) is 0. The molecule has 1 aromatic heterocycles. The van der Waals surface area contributed by atoms with E-state index < -0.39 is 0 Å². The highest BCUT2D eigenvalue weighted by molar-refractivity contribution is 5.38. The fourth-order valence-electron chi connectivity index (χ4n) is 1.89. The van der Waals surface area contributed by atoms with Crippen LogP contribution in [0, 0.1) is 5.82 Å². The first-order valence-corrected chi connectivity index (χ1v) is 5.19. The number of nitrogens with zero attached hydrogens (tertiary/aromatic N) is 2. The fraction of sp³-hybridized carbons (Fsp3) is 0.545. The third-order valence-corrected chi connectivity index (χ3v) is 2.81. The van der Waals surface area contributed by atoms with Gasteiger partial charge in [-0.25, -0.2) is 9.37 Å². The van der Waals surface area contributed by atoms with Gasteiger partial charge >= 0.3 is 0 Å². The van der Waals surface area contributed by atoms with Crippen LogP contribution in [0.15, 0.2) is 18.3 Å². The van der Waals surface area contributed by atoms with Crippen molar-refractivity contribution in [1.29, 1.82) is 0 Å². The lowest BCUT2D eigenvalue weighted by Gasteiger charge is -2.31. The SMILES string of the molecule is COC1CCN(c2cc(F)ccn2)CC1. The van der Waals surface area contributed by atoms with E-state index in [4.69, 9.17) is 4.74 Å². The second-order valence-corrected chi connectivity index (χ2v) is 3.75. The van der Waals surface area contributed by atoms with Crippen molar-refractivity contribution in [2.75, 3.05) is 25.1 Å². The number of halogens is 1. The first-order chi connectivity index (χ1) is 7.29. The van der Waals surface area contributed by atoms with Crippen LogP contribution < -0.4 is 4.90 Å². The maximum absolute atomic E-state index is 13.0. The Bertz CT molecular complexity index is 324. The summed E-state index contributed by atoms with van der Waals surface area (Å²) in [7, 11) is 1.74. The van der Waals surface area contributed by atoms with E-state index in [1.807, 2.05) is 0 Å². The van der Waals surface area contributed by atoms with E-state index in [9.17, 15) is 4.39 Å². The van der Waals surface area contributed by atoms with Crippen LogP contribution in [0.3, 0.4) is 0 Å². The molecule has 0 amide bonds. The minimum absolute atomic E-state index is 0.228. The number of piperidine rings is 1. The summed E-state index contributed by atoms with van der Waals surface area (Å²) in [6.45, 7) is 1.77. The summed E-state index contributed by atoms with van der Waals surface area (Å²) < 4.78 is 18.3. The Morgan fingerprint density at radius 3 is 2.80 bits per heavy atom. The molecule has 0 N–H and O–H groups in total. The molecule has 3 nitrogen and oxygen atoms in total. The van der Waals surface area contributed by atoms with Gasteiger partial charge in [-0.3, -0.25) is 0 Å². The summed E-state index contributed by atoms with van der Waals surface area (Å²) >= 11 is 0. The van der Waals surface area contributed by atoms with E-state index in [0.29, 0.717) is 6.10 Å². The van der Waals surface area contributed by atoms with Crippen molar-refractivity contribution < 1.29 is 9.13 Å². The third kappa shape index (κ3) is 2.45. The first-order valence-electron chi connectivity index (χ1n) is 5.19. The second-order valence-electron chi connectivity index (χ2n) is 3.75. The maximum atomic E-state index is 13.0. The summed E-state index contributed by atoms with van der Waals surface area (Å²) in [6, 6.07) is 2.85. The summed E-state index contributed by atoms with van der Waals surface area (Å²) in [4.78, 5) is 6.26. The molecule has 1 aromatic rings. The van der Waals surface area contributed by atoms with Crippen molar-refractivity contribution in [3.05, 3.63) is 24.1 Å². The third-order valence-electron chi connectivity index (χ3n) is 2.81. The van der Waals surface area contributed by atoms with Crippen LogP contribution in [0.2, 0.25) is 0 Å². The molecule has 1 saturated heterocycles. The molecule has 0 aliphatic carbocycles. The first kappa shape index (κ1) is 10.4. The number of rotatable bonds is 2. The average molecular weight is 210 g/mol. The van der Waals surface area contributed by atoms with E-state index in [1.165, 1.54) is 18.3 Å². The van der Waals surface area contributed by atoms with Crippen molar-refractivity contribution in [2.24, 2.45) is 0 Å². The normalized spacial score (nSPS) is 18.1. The predicted molar refractivity (Wildman–Crippen MR) is 56.4 cm³/mol. The molecule has 1 fully saturated rings. The largest absolute Gasteiger partial charge is 0.381 e. The summed E-state index contributed by atoms with van der Waals surface area (Å²) in [5, 5.41) is 0. The fourth-order valence-corrected chi connectivity index (χ4v) is 1.89. The van der Waals surface area contributed by atoms with E-state index in [1.54, 1.807) is 7.11 Å². The molecule has 0 bridgehead atoms. The van der Waals surface area contributed by atoms with E-state index in [2.05, 4.69) is 9.88 Å². The van der Waals surface area contributed by atoms with Gasteiger partial charge in [-0.2, -0.15) is 0 Å². The van der Waals surface area contributed by atoms with Gasteiger partial charge in [0, 0.05) is 32.5 Å². The lowest BCUT2D eigenvalue weighted by atomic mass is 10.1. The van der Waals surface area contributed by atoms with Crippen LogP contribution in [-0.2, 0) is 4.74 Å². The minimum Gasteiger partial charge on any atom is -0.381 e. The van der Waals surface area contributed by atoms with Gasteiger partial charge in [0.1, 0.15) is 11.6 Å². The molecular weight excluding hydrogens is 195 g/mol. The summed E-state index contributed by atoms with van der Waals surface area (Å²) in [5.74, 6) is 0.499. The Balaban J connectivity index is 2.01. The maximum Gasteiger partial charge on any atom is 0.131 e. The van der Waals surface area contributed by atoms with Crippen LogP contribution in [0.25, 0.3) is 0 Å². The van der Waals surface area contributed by atoms with E-state index in [0.717, 1.165) is 31.7 Å². The number of hydrogen-bond acceptors (Lipinski definition) is 3. The van der Waals surface area contributed by atoms with Gasteiger partial charge in [0.15, 0.2) is 0 Å². The number of ether oxygens (including phenoxy) is 1. The molecule has 1 aliphatic heterocycles. The number of aromatic nitrogens is 1. The van der Waals surface area contributed by atoms with Crippen LogP contribution in [0.4, 0.5) is 10.2 Å². The molecule has 0 saturated carbocycles. The molecule has 4 heteroatoms. The van der Waals surface area contributed by atoms with Gasteiger partial charge in [0.05, 0.1) is 6.10 Å². The van der Waals surface area contributed by atoms with Crippen molar-refractivity contribution >= 4 is 5.82 Å². The van der Waals surface area contributed by atoms with Crippen molar-refractivity contribution in [3.63, 3.8) is 0 Å². The van der Waals surface area contributed by atoms with Crippen LogP contribution in [-0.4, -0.2) is 31.3 Å². The number of methoxy groups -OCH3 is 1. The van der Waals surface area contributed by atoms with Gasteiger partial charge in [0.25, 0.3) is 0 Å². The molecule has 82 valence electrons. The molecule has 0 radical (unpaired) electrons. The zero-order chi connectivity index (χ0) is 10.7. The zero-order valence-corrected chi connectivity index (χ0v) is 8.82. The Kier molecular flexibility index (Phi) is 3.16. The number of pyridine rings is 1. The predicted octanol–water partition coefficient (Wildman–Crippen LogP) is 1.84. The van der Waals surface area contributed by atoms with Crippen molar-refractivity contribution in [2.45, 2.75) is 18.9 Å². The topological polar surface area (TPSA) is 25.4 Å². The van der Waals surface area contributed by atoms with Gasteiger partial charge in [0.2, 0.25) is 0 Å². The standard InChI is InChI=1S/C11H15FN2O/c1-15-10-3-6-14(7-4-10)11-8-9(12)2-5-13-11/h2,5,8,10H,3-4,6-7H2,1H3. The quantitative estimate of drug-likeness (QED) is 0.744. The Hall–Kier alpha value is -1.16. The summed E-state index contributed by atoms with van der Waals surface area (Å²) in [5.41, 5.74) is 0. The Morgan fingerprint density at radius 2 is 2.20 bits per heavy atom. The van der Waals surface area contributed by atoms with Crippen LogP contribution in [0.1, 0.15) is 12.8 Å². The lowest BCUT2D eigenvalue weighted by molar-refractivity contribution is 0.0818. The highest BCUT2D eigenvalue weighted by Crippen LogP contribution is 2.19. The molecule has 0 unspecified atom stereocenters. The molecule has 15 heavy (non-hydrogen) atoms. The zero-order valence-electron chi connectivity index (χ0n) is 8.82. The van der Waals surface area contributed by atoms with Gasteiger partial charge in [-0.15, -0.1) is 0 Å². The molecule has 2 rings (SSSR count). The van der Waals surface area contributed by atoms with Crippen LogP contribution >= 0.6 is 0 Å². The smallest absolute Gasteiger partial charge is 0.131 e. The Labute approximate surface area is 88.9 Å². The van der Waals surface area contributed by atoms with Crippen molar-refractivity contribution in [3.8, 4) is 0 Å². The average Bonchev–Trinajstić information content (AvgIpc) is 2.29. The van der Waals surface area contributed by atoms with Gasteiger partial charge in [-0.1, -0.05) is 0 Å². The molecule has 1 aliphatic rings. The molecule has 0 spiro atoms. The van der Waals surface area contributed by atoms with E-state index in [-0.39, 0.29) is 5.82 Å². The minimum atomic E-state index is -0.228. The molecule has 0 atom stereocenters. The summed E-state index contributed by atoms with van der Waals surface area (Å²) in [6.07, 6.45) is 3.81. The monoisotopic (exact) mass is 210 g/mol.